The average molecular weight is 409 g/mol. The van der Waals surface area contributed by atoms with Crippen LogP contribution in [0, 0.1) is 6.92 Å². The molecule has 0 saturated heterocycles. The predicted molar refractivity (Wildman–Crippen MR) is 111 cm³/mol. The third-order valence-electron chi connectivity index (χ3n) is 4.91. The van der Waals surface area contributed by atoms with Crippen molar-refractivity contribution in [3.63, 3.8) is 0 Å². The molecule has 0 amide bonds. The molecule has 2 aromatic heterocycles. The van der Waals surface area contributed by atoms with E-state index >= 15 is 0 Å². The van der Waals surface area contributed by atoms with Crippen molar-refractivity contribution < 1.29 is 24.2 Å². The highest BCUT2D eigenvalue weighted by Crippen LogP contribution is 2.37. The van der Waals surface area contributed by atoms with Gasteiger partial charge in [-0.2, -0.15) is 5.10 Å². The molecule has 0 saturated carbocycles. The number of nitrogens with two attached hydrogens (primary N) is 1. The van der Waals surface area contributed by atoms with Crippen LogP contribution in [0.3, 0.4) is 0 Å². The third kappa shape index (κ3) is 3.89. The Balaban J connectivity index is 2.33. The second-order valence-corrected chi connectivity index (χ2v) is 6.97. The SMILES string of the molecule is CCCc1nn2c(Cc3ccccc3)c(C)c(N)c2c(OCC(=O)O)c1C(=O)C=O. The van der Waals surface area contributed by atoms with Crippen molar-refractivity contribution in [2.24, 2.45) is 0 Å². The molecule has 8 heteroatoms. The van der Waals surface area contributed by atoms with Gasteiger partial charge < -0.3 is 15.6 Å². The van der Waals surface area contributed by atoms with Crippen molar-refractivity contribution in [3.8, 4) is 5.75 Å². The fourth-order valence-corrected chi connectivity index (χ4v) is 3.49. The van der Waals surface area contributed by atoms with Gasteiger partial charge in [-0.3, -0.25) is 9.59 Å². The van der Waals surface area contributed by atoms with Crippen LogP contribution in [-0.4, -0.2) is 39.4 Å². The smallest absolute Gasteiger partial charge is 0.341 e. The molecule has 0 fully saturated rings. The fraction of sp³-hybridized carbons (Fsp3) is 0.273. The maximum atomic E-state index is 12.4. The summed E-state index contributed by atoms with van der Waals surface area (Å²) in [4.78, 5) is 34.9. The van der Waals surface area contributed by atoms with Gasteiger partial charge >= 0.3 is 5.97 Å². The molecule has 30 heavy (non-hydrogen) atoms. The highest BCUT2D eigenvalue weighted by Gasteiger charge is 2.27. The molecule has 0 bridgehead atoms. The van der Waals surface area contributed by atoms with E-state index in [1.54, 1.807) is 4.52 Å². The van der Waals surface area contributed by atoms with E-state index in [0.29, 0.717) is 36.2 Å². The number of nitrogen functional groups attached to an aromatic ring is 1. The Morgan fingerprint density at radius 3 is 2.57 bits per heavy atom. The second-order valence-electron chi connectivity index (χ2n) is 6.97. The molecule has 3 rings (SSSR count). The normalized spacial score (nSPS) is 10.9. The number of carboxylic acid groups (broad SMARTS) is 1. The van der Waals surface area contributed by atoms with Gasteiger partial charge in [0.25, 0.3) is 0 Å². The predicted octanol–water partition coefficient (Wildman–Crippen LogP) is 2.61. The first-order valence-electron chi connectivity index (χ1n) is 9.59. The van der Waals surface area contributed by atoms with Crippen molar-refractivity contribution >= 4 is 29.2 Å². The number of benzene rings is 1. The van der Waals surface area contributed by atoms with Crippen LogP contribution in [0.25, 0.3) is 5.52 Å². The lowest BCUT2D eigenvalue weighted by Crippen LogP contribution is -2.18. The summed E-state index contributed by atoms with van der Waals surface area (Å²) >= 11 is 0. The van der Waals surface area contributed by atoms with E-state index in [-0.39, 0.29) is 17.6 Å². The van der Waals surface area contributed by atoms with Crippen LogP contribution in [0.5, 0.6) is 5.75 Å². The number of aryl methyl sites for hydroxylation is 1. The number of anilines is 1. The van der Waals surface area contributed by atoms with Crippen LogP contribution in [0.2, 0.25) is 0 Å². The topological polar surface area (TPSA) is 124 Å². The zero-order valence-electron chi connectivity index (χ0n) is 16.8. The monoisotopic (exact) mass is 409 g/mol. The molecule has 0 aliphatic heterocycles. The Morgan fingerprint density at radius 1 is 1.27 bits per heavy atom. The van der Waals surface area contributed by atoms with E-state index in [9.17, 15) is 14.4 Å². The van der Waals surface area contributed by atoms with Gasteiger partial charge in [0.1, 0.15) is 5.52 Å². The second kappa shape index (κ2) is 8.77. The number of carbonyl (C=O) groups excluding carboxylic acids is 2. The zero-order valence-corrected chi connectivity index (χ0v) is 16.8. The number of nitrogens with zero attached hydrogens (tertiary/aromatic N) is 2. The minimum atomic E-state index is -1.21. The molecule has 0 radical (unpaired) electrons. The maximum Gasteiger partial charge on any atom is 0.341 e. The number of rotatable bonds is 9. The number of hydrogen-bond donors (Lipinski definition) is 2. The van der Waals surface area contributed by atoms with E-state index in [0.717, 1.165) is 16.8 Å². The molecule has 3 aromatic rings. The van der Waals surface area contributed by atoms with Crippen molar-refractivity contribution in [1.82, 2.24) is 9.61 Å². The zero-order chi connectivity index (χ0) is 21.8. The van der Waals surface area contributed by atoms with Gasteiger partial charge in [0.2, 0.25) is 5.78 Å². The first kappa shape index (κ1) is 21.0. The molecule has 0 atom stereocenters. The van der Waals surface area contributed by atoms with Crippen LogP contribution < -0.4 is 10.5 Å². The van der Waals surface area contributed by atoms with Crippen LogP contribution in [0.4, 0.5) is 5.69 Å². The summed E-state index contributed by atoms with van der Waals surface area (Å²) in [7, 11) is 0. The van der Waals surface area contributed by atoms with E-state index < -0.39 is 18.4 Å². The molecular weight excluding hydrogens is 386 g/mol. The van der Waals surface area contributed by atoms with Gasteiger partial charge in [0.05, 0.1) is 22.6 Å². The molecule has 3 N–H and O–H groups in total. The first-order valence-corrected chi connectivity index (χ1v) is 9.59. The first-order chi connectivity index (χ1) is 14.4. The molecule has 0 unspecified atom stereocenters. The molecule has 0 aliphatic carbocycles. The summed E-state index contributed by atoms with van der Waals surface area (Å²) < 4.78 is 7.11. The quantitative estimate of drug-likeness (QED) is 0.316. The molecule has 1 aromatic carbocycles. The number of aldehydes is 1. The van der Waals surface area contributed by atoms with Gasteiger partial charge in [0, 0.05) is 6.42 Å². The standard InChI is InChI=1S/C22H23N3O5/c1-3-7-15-19(17(27)11-26)22(30-12-18(28)29)21-20(23)13(2)16(25(21)24-15)10-14-8-5-4-6-9-14/h4-6,8-9,11H,3,7,10,12,23H2,1-2H3,(H,28,29). The molecular formula is C22H23N3O5. The van der Waals surface area contributed by atoms with Crippen LogP contribution in [-0.2, 0) is 22.4 Å². The Hall–Kier alpha value is -3.68. The number of carboxylic acids is 1. The summed E-state index contributed by atoms with van der Waals surface area (Å²) in [6.45, 7) is 3.07. The number of carbonyl (C=O) groups is 3. The molecule has 2 heterocycles. The average Bonchev–Trinajstić information content (AvgIpc) is 2.96. The Labute approximate surface area is 173 Å². The fourth-order valence-electron chi connectivity index (χ4n) is 3.49. The summed E-state index contributed by atoms with van der Waals surface area (Å²) in [5.74, 6) is -2.05. The molecule has 156 valence electrons. The number of hydrogen-bond acceptors (Lipinski definition) is 6. The van der Waals surface area contributed by atoms with Gasteiger partial charge in [0.15, 0.2) is 18.6 Å². The summed E-state index contributed by atoms with van der Waals surface area (Å²) in [5.41, 5.74) is 9.91. The third-order valence-corrected chi connectivity index (χ3v) is 4.91. The lowest BCUT2D eigenvalue weighted by molar-refractivity contribution is -0.139. The van der Waals surface area contributed by atoms with E-state index in [1.165, 1.54) is 0 Å². The number of ether oxygens (including phenoxy) is 1. The maximum absolute atomic E-state index is 12.4. The van der Waals surface area contributed by atoms with Crippen molar-refractivity contribution in [1.29, 1.82) is 0 Å². The highest BCUT2D eigenvalue weighted by molar-refractivity contribution is 6.35. The Bertz CT molecular complexity index is 1120. The minimum Gasteiger partial charge on any atom is -0.479 e. The van der Waals surface area contributed by atoms with Crippen LogP contribution in [0.1, 0.15) is 46.2 Å². The number of ketones is 1. The number of fused-ring (bicyclic) bond motifs is 1. The summed E-state index contributed by atoms with van der Waals surface area (Å²) in [5, 5.41) is 13.7. The number of aliphatic carboxylic acids is 1. The Kier molecular flexibility index (Phi) is 6.15. The van der Waals surface area contributed by atoms with Gasteiger partial charge in [-0.25, -0.2) is 9.31 Å². The number of Topliss-reactive ketones (excluding diaryl/α,β-unsaturated/α-hetero) is 1. The van der Waals surface area contributed by atoms with E-state index in [2.05, 4.69) is 5.10 Å². The van der Waals surface area contributed by atoms with Crippen molar-refractivity contribution in [3.05, 3.63) is 58.4 Å². The van der Waals surface area contributed by atoms with E-state index in [1.807, 2.05) is 44.2 Å². The molecule has 0 aliphatic rings. The minimum absolute atomic E-state index is 0.0205. The number of aromatic nitrogens is 2. The largest absolute Gasteiger partial charge is 0.479 e. The lowest BCUT2D eigenvalue weighted by Gasteiger charge is -2.15. The molecule has 8 nitrogen and oxygen atoms in total. The highest BCUT2D eigenvalue weighted by atomic mass is 16.5. The van der Waals surface area contributed by atoms with Gasteiger partial charge in [-0.05, 0) is 24.5 Å². The van der Waals surface area contributed by atoms with Gasteiger partial charge in [-0.1, -0.05) is 43.7 Å². The Morgan fingerprint density at radius 2 is 1.97 bits per heavy atom. The van der Waals surface area contributed by atoms with Crippen molar-refractivity contribution in [2.45, 2.75) is 33.1 Å². The van der Waals surface area contributed by atoms with Crippen molar-refractivity contribution in [2.75, 3.05) is 12.3 Å². The molecule has 0 spiro atoms. The summed E-state index contributed by atoms with van der Waals surface area (Å²) in [6, 6.07) is 9.75. The lowest BCUT2D eigenvalue weighted by atomic mass is 10.0. The summed E-state index contributed by atoms with van der Waals surface area (Å²) in [6.07, 6.45) is 1.79. The van der Waals surface area contributed by atoms with Gasteiger partial charge in [-0.15, -0.1) is 0 Å². The van der Waals surface area contributed by atoms with E-state index in [4.69, 9.17) is 15.6 Å². The van der Waals surface area contributed by atoms with Crippen LogP contribution >= 0.6 is 0 Å². The van der Waals surface area contributed by atoms with Crippen LogP contribution in [0.15, 0.2) is 30.3 Å².